The van der Waals surface area contributed by atoms with Gasteiger partial charge in [0, 0.05) is 23.7 Å². The number of hydrogen-bond acceptors (Lipinski definition) is 6. The summed E-state index contributed by atoms with van der Waals surface area (Å²) in [5, 5.41) is 2.78. The van der Waals surface area contributed by atoms with E-state index in [1.807, 2.05) is 26.0 Å². The van der Waals surface area contributed by atoms with Gasteiger partial charge in [-0.1, -0.05) is 36.8 Å². The van der Waals surface area contributed by atoms with E-state index in [0.29, 0.717) is 29.1 Å². The Morgan fingerprint density at radius 3 is 2.44 bits per heavy atom. The standard InChI is InChI=1S/C23H27N3O5S/c1-5-19-22(16-8-6-15(2)7-9-16)32(28,29)26-23(19)25-14-21(27)24-13-17-10-11-18(30-3)12-20(17)31-4/h6-12H,5,13-14H2,1-4H3,(H,24,27)(H,25,26). The molecule has 0 atom stereocenters. The highest BCUT2D eigenvalue weighted by Gasteiger charge is 2.34. The highest BCUT2D eigenvalue weighted by atomic mass is 32.2. The molecule has 1 heterocycles. The minimum atomic E-state index is -3.74. The first-order valence-corrected chi connectivity index (χ1v) is 11.6. The second-order valence-corrected chi connectivity index (χ2v) is 8.87. The zero-order valence-corrected chi connectivity index (χ0v) is 19.4. The molecule has 0 saturated carbocycles. The number of aryl methyl sites for hydroxylation is 1. The van der Waals surface area contributed by atoms with Crippen molar-refractivity contribution in [1.82, 2.24) is 10.0 Å². The summed E-state index contributed by atoms with van der Waals surface area (Å²) in [4.78, 5) is 16.8. The zero-order chi connectivity index (χ0) is 23.3. The SMILES string of the molecule is CCC1=C(c2ccc(C)cc2)S(=O)(=O)NC1=NCC(=O)NCc1ccc(OC)cc1OC. The Bertz CT molecular complexity index is 1170. The predicted molar refractivity (Wildman–Crippen MR) is 124 cm³/mol. The maximum atomic E-state index is 12.7. The lowest BCUT2D eigenvalue weighted by Crippen LogP contribution is -2.28. The van der Waals surface area contributed by atoms with Gasteiger partial charge in [-0.15, -0.1) is 0 Å². The number of aliphatic imine (C=N–C) groups is 1. The third-order valence-electron chi connectivity index (χ3n) is 5.08. The van der Waals surface area contributed by atoms with Crippen molar-refractivity contribution in [3.8, 4) is 11.5 Å². The van der Waals surface area contributed by atoms with Gasteiger partial charge < -0.3 is 14.8 Å². The van der Waals surface area contributed by atoms with Gasteiger partial charge in [-0.05, 0) is 31.0 Å². The van der Waals surface area contributed by atoms with Crippen LogP contribution in [0.15, 0.2) is 53.0 Å². The molecule has 1 aliphatic rings. The van der Waals surface area contributed by atoms with Gasteiger partial charge in [0.2, 0.25) is 5.91 Å². The van der Waals surface area contributed by atoms with Crippen molar-refractivity contribution < 1.29 is 22.7 Å². The van der Waals surface area contributed by atoms with Crippen molar-refractivity contribution in [3.63, 3.8) is 0 Å². The molecule has 0 aromatic heterocycles. The fourth-order valence-corrected chi connectivity index (χ4v) is 4.95. The molecule has 170 valence electrons. The van der Waals surface area contributed by atoms with E-state index in [1.165, 1.54) is 0 Å². The molecule has 1 aliphatic heterocycles. The van der Waals surface area contributed by atoms with Crippen LogP contribution in [0.1, 0.15) is 30.0 Å². The van der Waals surface area contributed by atoms with Crippen LogP contribution in [-0.4, -0.2) is 40.9 Å². The van der Waals surface area contributed by atoms with Gasteiger partial charge in [0.1, 0.15) is 28.8 Å². The first-order valence-electron chi connectivity index (χ1n) is 10.1. The second kappa shape index (κ2) is 9.86. The Balaban J connectivity index is 1.74. The van der Waals surface area contributed by atoms with Gasteiger partial charge in [-0.2, -0.15) is 0 Å². The van der Waals surface area contributed by atoms with Gasteiger partial charge in [-0.25, -0.2) is 8.42 Å². The summed E-state index contributed by atoms with van der Waals surface area (Å²) in [6.07, 6.45) is 0.457. The number of ether oxygens (including phenoxy) is 2. The van der Waals surface area contributed by atoms with Crippen LogP contribution in [0, 0.1) is 6.92 Å². The summed E-state index contributed by atoms with van der Waals surface area (Å²) < 4.78 is 38.5. The predicted octanol–water partition coefficient (Wildman–Crippen LogP) is 2.78. The number of amidine groups is 1. The average molecular weight is 458 g/mol. The van der Waals surface area contributed by atoms with E-state index >= 15 is 0 Å². The number of nitrogens with one attached hydrogen (secondary N) is 2. The number of carbonyl (C=O) groups is 1. The van der Waals surface area contributed by atoms with Crippen LogP contribution in [0.2, 0.25) is 0 Å². The van der Waals surface area contributed by atoms with Gasteiger partial charge in [0.05, 0.1) is 14.2 Å². The molecule has 0 radical (unpaired) electrons. The lowest BCUT2D eigenvalue weighted by atomic mass is 10.1. The van der Waals surface area contributed by atoms with Crippen molar-refractivity contribution in [3.05, 3.63) is 64.7 Å². The molecular formula is C23H27N3O5S. The molecule has 9 heteroatoms. The van der Waals surface area contributed by atoms with Gasteiger partial charge >= 0.3 is 0 Å². The van der Waals surface area contributed by atoms with Crippen LogP contribution in [0.5, 0.6) is 11.5 Å². The number of amides is 1. The van der Waals surface area contributed by atoms with E-state index in [9.17, 15) is 13.2 Å². The van der Waals surface area contributed by atoms with Crippen LogP contribution in [0.4, 0.5) is 0 Å². The second-order valence-electron chi connectivity index (χ2n) is 7.25. The molecule has 0 spiro atoms. The number of benzene rings is 2. The minimum Gasteiger partial charge on any atom is -0.497 e. The number of carbonyl (C=O) groups excluding carboxylic acids is 1. The van der Waals surface area contributed by atoms with E-state index in [-0.39, 0.29) is 29.7 Å². The number of methoxy groups -OCH3 is 2. The van der Waals surface area contributed by atoms with Crippen LogP contribution in [0.25, 0.3) is 4.91 Å². The zero-order valence-electron chi connectivity index (χ0n) is 18.6. The lowest BCUT2D eigenvalue weighted by Gasteiger charge is -2.11. The largest absolute Gasteiger partial charge is 0.497 e. The summed E-state index contributed by atoms with van der Waals surface area (Å²) >= 11 is 0. The Morgan fingerprint density at radius 1 is 1.09 bits per heavy atom. The molecule has 0 aliphatic carbocycles. The molecule has 2 aromatic carbocycles. The topological polar surface area (TPSA) is 106 Å². The molecule has 0 fully saturated rings. The Hall–Kier alpha value is -3.33. The van der Waals surface area contributed by atoms with Crippen molar-refractivity contribution in [1.29, 1.82) is 0 Å². The molecule has 0 bridgehead atoms. The van der Waals surface area contributed by atoms with Crippen molar-refractivity contribution in [2.45, 2.75) is 26.8 Å². The maximum absolute atomic E-state index is 12.7. The molecule has 3 rings (SSSR count). The summed E-state index contributed by atoms with van der Waals surface area (Å²) in [7, 11) is -0.634. The van der Waals surface area contributed by atoms with Crippen molar-refractivity contribution in [2.75, 3.05) is 20.8 Å². The van der Waals surface area contributed by atoms with Gasteiger partial charge in [0.25, 0.3) is 10.0 Å². The monoisotopic (exact) mass is 457 g/mol. The third-order valence-corrected chi connectivity index (χ3v) is 6.56. The van der Waals surface area contributed by atoms with Gasteiger partial charge in [-0.3, -0.25) is 14.5 Å². The fraction of sp³-hybridized carbons (Fsp3) is 0.304. The quantitative estimate of drug-likeness (QED) is 0.634. The highest BCUT2D eigenvalue weighted by molar-refractivity contribution is 8.00. The summed E-state index contributed by atoms with van der Waals surface area (Å²) in [5.74, 6) is 1.12. The van der Waals surface area contributed by atoms with E-state index in [0.717, 1.165) is 11.1 Å². The molecular weight excluding hydrogens is 430 g/mol. The molecule has 2 N–H and O–H groups in total. The van der Waals surface area contributed by atoms with Crippen LogP contribution in [-0.2, 0) is 21.4 Å². The van der Waals surface area contributed by atoms with Crippen molar-refractivity contribution in [2.24, 2.45) is 4.99 Å². The minimum absolute atomic E-state index is 0.207. The number of sulfonamides is 1. The van der Waals surface area contributed by atoms with Crippen molar-refractivity contribution >= 4 is 26.7 Å². The van der Waals surface area contributed by atoms with Crippen LogP contribution < -0.4 is 19.5 Å². The maximum Gasteiger partial charge on any atom is 0.264 e. The lowest BCUT2D eigenvalue weighted by molar-refractivity contribution is -0.119. The highest BCUT2D eigenvalue weighted by Crippen LogP contribution is 2.31. The molecule has 0 unspecified atom stereocenters. The smallest absolute Gasteiger partial charge is 0.264 e. The first kappa shape index (κ1) is 23.3. The number of hydrogen-bond donors (Lipinski definition) is 2. The summed E-state index contributed by atoms with van der Waals surface area (Å²) in [5.41, 5.74) is 2.99. The van der Waals surface area contributed by atoms with Gasteiger partial charge in [0.15, 0.2) is 0 Å². The van der Waals surface area contributed by atoms with E-state index in [2.05, 4.69) is 15.0 Å². The summed E-state index contributed by atoms with van der Waals surface area (Å²) in [6.45, 7) is 3.83. The molecule has 32 heavy (non-hydrogen) atoms. The molecule has 2 aromatic rings. The average Bonchev–Trinajstić information content (AvgIpc) is 3.06. The Labute approximate surface area is 188 Å². The van der Waals surface area contributed by atoms with Crippen LogP contribution >= 0.6 is 0 Å². The van der Waals surface area contributed by atoms with E-state index < -0.39 is 10.0 Å². The third kappa shape index (κ3) is 5.11. The number of rotatable bonds is 8. The van der Waals surface area contributed by atoms with Crippen LogP contribution in [0.3, 0.4) is 0 Å². The Morgan fingerprint density at radius 2 is 1.81 bits per heavy atom. The molecule has 8 nitrogen and oxygen atoms in total. The first-order chi connectivity index (χ1) is 15.3. The summed E-state index contributed by atoms with van der Waals surface area (Å²) in [6, 6.07) is 12.6. The Kier molecular flexibility index (Phi) is 7.19. The molecule has 1 amide bonds. The molecule has 0 saturated heterocycles. The van der Waals surface area contributed by atoms with E-state index in [4.69, 9.17) is 9.47 Å². The van der Waals surface area contributed by atoms with E-state index in [1.54, 1.807) is 44.6 Å². The number of nitrogens with zero attached hydrogens (tertiary/aromatic N) is 1. The fourth-order valence-electron chi connectivity index (χ4n) is 3.40. The normalized spacial score (nSPS) is 16.1.